The minimum atomic E-state index is -0.494. The highest BCUT2D eigenvalue weighted by Gasteiger charge is 2.29. The minimum absolute atomic E-state index is 0.193. The first-order valence-corrected chi connectivity index (χ1v) is 9.56. The summed E-state index contributed by atoms with van der Waals surface area (Å²) in [5.41, 5.74) is 4.60. The number of rotatable bonds is 3. The second kappa shape index (κ2) is 7.20. The van der Waals surface area contributed by atoms with Crippen LogP contribution >= 0.6 is 0 Å². The Hall–Kier alpha value is -2.00. The molecule has 3 nitrogen and oxygen atoms in total. The SMILES string of the molecule is Cc1cc(C(CO)c2cc(C)cc(C(C)(C)C)c2O)c(O)c(C(C)(C)C)c1. The fourth-order valence-corrected chi connectivity index (χ4v) is 3.65. The molecule has 27 heavy (non-hydrogen) atoms. The van der Waals surface area contributed by atoms with E-state index in [1.54, 1.807) is 0 Å². The normalized spacial score (nSPS) is 12.7. The molecule has 148 valence electrons. The zero-order valence-corrected chi connectivity index (χ0v) is 17.9. The van der Waals surface area contributed by atoms with Crippen molar-refractivity contribution in [1.82, 2.24) is 0 Å². The van der Waals surface area contributed by atoms with Gasteiger partial charge in [0.1, 0.15) is 11.5 Å². The molecule has 0 bridgehead atoms. The van der Waals surface area contributed by atoms with E-state index in [1.165, 1.54) is 0 Å². The quantitative estimate of drug-likeness (QED) is 0.675. The Bertz CT molecular complexity index is 767. The van der Waals surface area contributed by atoms with Gasteiger partial charge in [0.25, 0.3) is 0 Å². The smallest absolute Gasteiger partial charge is 0.123 e. The van der Waals surface area contributed by atoms with Gasteiger partial charge in [-0.2, -0.15) is 0 Å². The molecule has 0 heterocycles. The molecule has 2 aromatic carbocycles. The number of aromatic hydroxyl groups is 2. The Balaban J connectivity index is 2.77. The van der Waals surface area contributed by atoms with E-state index in [0.29, 0.717) is 11.1 Å². The van der Waals surface area contributed by atoms with Crippen LogP contribution in [0.25, 0.3) is 0 Å². The molecule has 0 amide bonds. The van der Waals surface area contributed by atoms with Gasteiger partial charge in [-0.25, -0.2) is 0 Å². The van der Waals surface area contributed by atoms with Crippen LogP contribution < -0.4 is 0 Å². The van der Waals surface area contributed by atoms with Crippen LogP contribution in [0.1, 0.15) is 80.8 Å². The number of aryl methyl sites for hydroxylation is 2. The topological polar surface area (TPSA) is 60.7 Å². The van der Waals surface area contributed by atoms with Gasteiger partial charge in [-0.3, -0.25) is 0 Å². The summed E-state index contributed by atoms with van der Waals surface area (Å²) in [6.07, 6.45) is 0. The summed E-state index contributed by atoms with van der Waals surface area (Å²) in [7, 11) is 0. The van der Waals surface area contributed by atoms with E-state index in [2.05, 4.69) is 41.5 Å². The summed E-state index contributed by atoms with van der Waals surface area (Å²) >= 11 is 0. The summed E-state index contributed by atoms with van der Waals surface area (Å²) in [4.78, 5) is 0. The molecule has 0 atom stereocenters. The molecule has 0 aliphatic heterocycles. The minimum Gasteiger partial charge on any atom is -0.507 e. The van der Waals surface area contributed by atoms with Gasteiger partial charge in [0.2, 0.25) is 0 Å². The molecule has 0 spiro atoms. The monoisotopic (exact) mass is 370 g/mol. The molecule has 0 aliphatic rings. The fourth-order valence-electron chi connectivity index (χ4n) is 3.65. The molecule has 2 aromatic rings. The maximum Gasteiger partial charge on any atom is 0.123 e. The highest BCUT2D eigenvalue weighted by Crippen LogP contribution is 2.44. The lowest BCUT2D eigenvalue weighted by Crippen LogP contribution is -2.17. The first-order valence-electron chi connectivity index (χ1n) is 9.56. The molecule has 0 aromatic heterocycles. The van der Waals surface area contributed by atoms with Gasteiger partial charge < -0.3 is 15.3 Å². The third-order valence-corrected chi connectivity index (χ3v) is 5.12. The van der Waals surface area contributed by atoms with Crippen LogP contribution in [0.3, 0.4) is 0 Å². The molecular weight excluding hydrogens is 336 g/mol. The van der Waals surface area contributed by atoms with E-state index in [9.17, 15) is 15.3 Å². The van der Waals surface area contributed by atoms with E-state index in [-0.39, 0.29) is 28.9 Å². The molecule has 2 rings (SSSR count). The van der Waals surface area contributed by atoms with Gasteiger partial charge in [0, 0.05) is 17.0 Å². The van der Waals surface area contributed by atoms with Gasteiger partial charge in [0.15, 0.2) is 0 Å². The van der Waals surface area contributed by atoms with E-state index in [1.807, 2.05) is 38.1 Å². The fraction of sp³-hybridized carbons (Fsp3) is 0.500. The van der Waals surface area contributed by atoms with Gasteiger partial charge in [-0.05, 0) is 35.8 Å². The molecular formula is C24H34O3. The number of aliphatic hydroxyl groups excluding tert-OH is 1. The Morgan fingerprint density at radius 1 is 0.704 bits per heavy atom. The van der Waals surface area contributed by atoms with Gasteiger partial charge >= 0.3 is 0 Å². The van der Waals surface area contributed by atoms with Crippen LogP contribution in [0, 0.1) is 13.8 Å². The zero-order valence-electron chi connectivity index (χ0n) is 17.9. The van der Waals surface area contributed by atoms with Crippen molar-refractivity contribution >= 4 is 0 Å². The van der Waals surface area contributed by atoms with E-state index in [4.69, 9.17) is 0 Å². The van der Waals surface area contributed by atoms with Crippen molar-refractivity contribution < 1.29 is 15.3 Å². The number of hydrogen-bond acceptors (Lipinski definition) is 3. The van der Waals surface area contributed by atoms with Crippen LogP contribution in [0.2, 0.25) is 0 Å². The van der Waals surface area contributed by atoms with E-state index in [0.717, 1.165) is 22.3 Å². The third-order valence-electron chi connectivity index (χ3n) is 5.12. The first-order chi connectivity index (χ1) is 12.3. The van der Waals surface area contributed by atoms with Gasteiger partial charge in [-0.1, -0.05) is 76.9 Å². The number of hydrogen-bond donors (Lipinski definition) is 3. The predicted molar refractivity (Wildman–Crippen MR) is 112 cm³/mol. The van der Waals surface area contributed by atoms with Gasteiger partial charge in [-0.15, -0.1) is 0 Å². The molecule has 0 fully saturated rings. The highest BCUT2D eigenvalue weighted by atomic mass is 16.3. The molecule has 0 aliphatic carbocycles. The highest BCUT2D eigenvalue weighted by molar-refractivity contribution is 5.56. The second-order valence-electron chi connectivity index (χ2n) is 9.74. The van der Waals surface area contributed by atoms with Gasteiger partial charge in [0.05, 0.1) is 6.61 Å². The lowest BCUT2D eigenvalue weighted by atomic mass is 9.78. The summed E-state index contributed by atoms with van der Waals surface area (Å²) in [6, 6.07) is 7.79. The molecule has 0 saturated heterocycles. The van der Waals surface area contributed by atoms with E-state index >= 15 is 0 Å². The lowest BCUT2D eigenvalue weighted by molar-refractivity contribution is 0.274. The molecule has 0 radical (unpaired) electrons. The van der Waals surface area contributed by atoms with Crippen molar-refractivity contribution in [2.45, 2.75) is 72.1 Å². The summed E-state index contributed by atoms with van der Waals surface area (Å²) in [5.74, 6) is -0.0947. The number of aliphatic hydroxyl groups is 1. The second-order valence-corrected chi connectivity index (χ2v) is 9.74. The summed E-state index contributed by atoms with van der Waals surface area (Å²) in [6.45, 7) is 16.1. The van der Waals surface area contributed by atoms with Crippen molar-refractivity contribution in [1.29, 1.82) is 0 Å². The average Bonchev–Trinajstić information content (AvgIpc) is 2.51. The maximum absolute atomic E-state index is 11.0. The number of phenolic OH excluding ortho intramolecular Hbond substituents is 2. The third kappa shape index (κ3) is 4.30. The molecule has 3 heteroatoms. The van der Waals surface area contributed by atoms with Crippen LogP contribution in [0.4, 0.5) is 0 Å². The Morgan fingerprint density at radius 2 is 1.04 bits per heavy atom. The standard InChI is InChI=1S/C24H34O3/c1-14-9-16(21(26)19(11-14)23(3,4)5)18(13-25)17-10-15(2)12-20(22(17)27)24(6,7)8/h9-12,18,25-27H,13H2,1-8H3. The lowest BCUT2D eigenvalue weighted by Gasteiger charge is -2.28. The maximum atomic E-state index is 11.0. The van der Waals surface area contributed by atoms with Crippen molar-refractivity contribution in [3.63, 3.8) is 0 Å². The molecule has 3 N–H and O–H groups in total. The summed E-state index contributed by atoms with van der Waals surface area (Å²) in [5, 5.41) is 32.2. The van der Waals surface area contributed by atoms with Crippen molar-refractivity contribution in [3.05, 3.63) is 57.6 Å². The number of phenols is 2. The van der Waals surface area contributed by atoms with Crippen molar-refractivity contribution in [3.8, 4) is 11.5 Å². The molecule has 0 unspecified atom stereocenters. The Kier molecular flexibility index (Phi) is 5.68. The molecule has 0 saturated carbocycles. The zero-order chi connectivity index (χ0) is 20.7. The Labute approximate surface area is 163 Å². The van der Waals surface area contributed by atoms with E-state index < -0.39 is 5.92 Å². The van der Waals surface area contributed by atoms with Crippen LogP contribution in [0.15, 0.2) is 24.3 Å². The number of benzene rings is 2. The Morgan fingerprint density at radius 3 is 1.30 bits per heavy atom. The van der Waals surface area contributed by atoms with Crippen molar-refractivity contribution in [2.24, 2.45) is 0 Å². The summed E-state index contributed by atoms with van der Waals surface area (Å²) < 4.78 is 0. The predicted octanol–water partition coefficient (Wildman–Crippen LogP) is 5.43. The van der Waals surface area contributed by atoms with Crippen LogP contribution in [0.5, 0.6) is 11.5 Å². The van der Waals surface area contributed by atoms with Crippen molar-refractivity contribution in [2.75, 3.05) is 6.61 Å². The largest absolute Gasteiger partial charge is 0.507 e. The van der Waals surface area contributed by atoms with Crippen LogP contribution in [-0.4, -0.2) is 21.9 Å². The first kappa shape index (κ1) is 21.3. The average molecular weight is 371 g/mol. The van der Waals surface area contributed by atoms with Crippen LogP contribution in [-0.2, 0) is 10.8 Å².